The monoisotopic (exact) mass is 356 g/mol. The van der Waals surface area contributed by atoms with Gasteiger partial charge in [-0.2, -0.15) is 16.8 Å². The molecular weight excluding hydrogens is 340 g/mol. The highest BCUT2D eigenvalue weighted by molar-refractivity contribution is 7.84. The van der Waals surface area contributed by atoms with Crippen molar-refractivity contribution in [1.29, 1.82) is 0 Å². The highest BCUT2D eigenvalue weighted by Gasteiger charge is 2.20. The fraction of sp³-hybridized carbons (Fsp3) is 0.400. The first-order valence-electron chi connectivity index (χ1n) is 5.74. The summed E-state index contributed by atoms with van der Waals surface area (Å²) in [7, 11) is -7.18. The molecule has 0 amide bonds. The van der Waals surface area contributed by atoms with Gasteiger partial charge in [0.2, 0.25) is 0 Å². The third-order valence-electron chi connectivity index (χ3n) is 2.18. The topological polar surface area (TPSA) is 157 Å². The molecule has 4 N–H and O–H groups in total. The summed E-state index contributed by atoms with van der Waals surface area (Å²) in [6.07, 6.45) is -1.32. The molecule has 0 saturated heterocycles. The Morgan fingerprint density at radius 1 is 1.00 bits per heavy atom. The summed E-state index contributed by atoms with van der Waals surface area (Å²) in [5.74, 6) is 0.688. The molecular formula is C10H16N2O8S2. The Bertz CT molecular complexity index is 689. The van der Waals surface area contributed by atoms with Crippen LogP contribution in [0.5, 0.6) is 11.5 Å². The maximum atomic E-state index is 10.9. The lowest BCUT2D eigenvalue weighted by Crippen LogP contribution is -2.34. The van der Waals surface area contributed by atoms with Crippen molar-refractivity contribution in [3.63, 3.8) is 0 Å². The minimum atomic E-state index is -4.34. The number of para-hydroxylation sites is 2. The van der Waals surface area contributed by atoms with Crippen LogP contribution in [-0.4, -0.2) is 43.3 Å². The van der Waals surface area contributed by atoms with Gasteiger partial charge in [-0.15, -0.1) is 0 Å². The molecule has 0 fully saturated rings. The molecule has 10 nitrogen and oxygen atoms in total. The van der Waals surface area contributed by atoms with Gasteiger partial charge < -0.3 is 9.47 Å². The molecule has 0 saturated carbocycles. The number of benzene rings is 1. The van der Waals surface area contributed by atoms with Gasteiger partial charge in [0.15, 0.2) is 11.5 Å². The van der Waals surface area contributed by atoms with Gasteiger partial charge in [0.25, 0.3) is 0 Å². The zero-order valence-corrected chi connectivity index (χ0v) is 13.2. The molecule has 0 aromatic heterocycles. The fourth-order valence-electron chi connectivity index (χ4n) is 1.38. The Labute approximate surface area is 128 Å². The Morgan fingerprint density at radius 3 is 2.09 bits per heavy atom. The van der Waals surface area contributed by atoms with E-state index >= 15 is 0 Å². The van der Waals surface area contributed by atoms with Crippen molar-refractivity contribution in [1.82, 2.24) is 0 Å². The largest absolute Gasteiger partial charge is 0.493 e. The van der Waals surface area contributed by atoms with E-state index in [-0.39, 0.29) is 6.61 Å². The zero-order valence-electron chi connectivity index (χ0n) is 11.5. The molecule has 0 spiro atoms. The van der Waals surface area contributed by atoms with Gasteiger partial charge in [0, 0.05) is 0 Å². The molecule has 22 heavy (non-hydrogen) atoms. The van der Waals surface area contributed by atoms with Crippen molar-refractivity contribution in [3.05, 3.63) is 24.3 Å². The average Bonchev–Trinajstić information content (AvgIpc) is 2.40. The van der Waals surface area contributed by atoms with E-state index < -0.39 is 33.3 Å². The van der Waals surface area contributed by atoms with Crippen LogP contribution in [0, 0.1) is 0 Å². The van der Waals surface area contributed by atoms with E-state index in [1.54, 1.807) is 24.3 Å². The molecule has 0 unspecified atom stereocenters. The van der Waals surface area contributed by atoms with Gasteiger partial charge in [-0.3, -0.25) is 4.18 Å². The number of hydrogen-bond donors (Lipinski definition) is 2. The van der Waals surface area contributed by atoms with Crippen LogP contribution in [0.3, 0.4) is 0 Å². The predicted molar refractivity (Wildman–Crippen MR) is 75.5 cm³/mol. The van der Waals surface area contributed by atoms with Crippen LogP contribution in [-0.2, 0) is 29.0 Å². The number of ether oxygens (including phenoxy) is 2. The molecule has 0 aliphatic carbocycles. The second-order valence-electron chi connectivity index (χ2n) is 3.95. The predicted octanol–water partition coefficient (Wildman–Crippen LogP) is -1.12. The van der Waals surface area contributed by atoms with Gasteiger partial charge >= 0.3 is 20.6 Å². The van der Waals surface area contributed by atoms with E-state index in [2.05, 4.69) is 13.5 Å². The smallest absolute Gasteiger partial charge is 0.333 e. The first-order valence-corrected chi connectivity index (χ1v) is 8.69. The van der Waals surface area contributed by atoms with Gasteiger partial charge in [0.1, 0.15) is 12.7 Å². The summed E-state index contributed by atoms with van der Waals surface area (Å²) >= 11 is 0. The first kappa shape index (κ1) is 18.6. The maximum Gasteiger partial charge on any atom is 0.333 e. The molecule has 12 heteroatoms. The standard InChI is InChI=1S/C10H16N2O8S2/c1-17-9-4-2-3-5-10(9)18-6-8(20-22(12,15)16)7-19-21(11,13)14/h2-5,8H,6-7H2,1H3,(H2,11,13,14)(H2,12,15,16)/t8-/m0/s1. The molecule has 0 bridgehead atoms. The Balaban J connectivity index is 2.75. The Morgan fingerprint density at radius 2 is 1.59 bits per heavy atom. The number of rotatable bonds is 9. The number of hydrogen-bond acceptors (Lipinski definition) is 8. The highest BCUT2D eigenvalue weighted by Crippen LogP contribution is 2.26. The van der Waals surface area contributed by atoms with E-state index in [0.29, 0.717) is 11.5 Å². The molecule has 0 heterocycles. The molecule has 0 aliphatic rings. The zero-order chi connectivity index (χ0) is 16.8. The Hall–Kier alpha value is -1.44. The molecule has 1 atom stereocenters. The van der Waals surface area contributed by atoms with Crippen molar-refractivity contribution in [2.45, 2.75) is 6.10 Å². The fourth-order valence-corrected chi connectivity index (χ4v) is 2.22. The molecule has 1 rings (SSSR count). The third kappa shape index (κ3) is 7.53. The summed E-state index contributed by atoms with van der Waals surface area (Å²) < 4.78 is 62.4. The minimum absolute atomic E-state index is 0.295. The van der Waals surface area contributed by atoms with Crippen LogP contribution in [0.4, 0.5) is 0 Å². The van der Waals surface area contributed by atoms with Crippen LogP contribution >= 0.6 is 0 Å². The first-order chi connectivity index (χ1) is 10.1. The summed E-state index contributed by atoms with van der Waals surface area (Å²) in [6, 6.07) is 6.54. The molecule has 0 radical (unpaired) electrons. The lowest BCUT2D eigenvalue weighted by atomic mass is 10.3. The van der Waals surface area contributed by atoms with Crippen LogP contribution < -0.4 is 19.8 Å². The molecule has 0 aliphatic heterocycles. The van der Waals surface area contributed by atoms with Gasteiger partial charge in [-0.25, -0.2) is 14.5 Å². The van der Waals surface area contributed by atoms with Crippen molar-refractivity contribution in [2.24, 2.45) is 10.3 Å². The van der Waals surface area contributed by atoms with Gasteiger partial charge in [-0.05, 0) is 12.1 Å². The summed E-state index contributed by atoms with van der Waals surface area (Å²) in [6.45, 7) is -1.06. The SMILES string of the molecule is COc1ccccc1OC[C@@H](COS(N)(=O)=O)OS(N)(=O)=O. The lowest BCUT2D eigenvalue weighted by Gasteiger charge is -2.17. The third-order valence-corrected chi connectivity index (χ3v) is 3.19. The Kier molecular flexibility index (Phi) is 6.52. The normalized spacial score (nSPS) is 13.6. The van der Waals surface area contributed by atoms with Crippen molar-refractivity contribution < 1.29 is 34.7 Å². The highest BCUT2D eigenvalue weighted by atomic mass is 32.2. The molecule has 1 aromatic carbocycles. The maximum absolute atomic E-state index is 10.9. The van der Waals surface area contributed by atoms with Crippen LogP contribution in [0.2, 0.25) is 0 Å². The number of nitrogens with two attached hydrogens (primary N) is 2. The minimum Gasteiger partial charge on any atom is -0.493 e. The average molecular weight is 356 g/mol. The summed E-state index contributed by atoms with van der Waals surface area (Å²) in [5.41, 5.74) is 0. The van der Waals surface area contributed by atoms with E-state index in [0.717, 1.165) is 0 Å². The lowest BCUT2D eigenvalue weighted by molar-refractivity contribution is 0.0873. The van der Waals surface area contributed by atoms with Gasteiger partial charge in [0.05, 0.1) is 13.7 Å². The van der Waals surface area contributed by atoms with E-state index in [1.165, 1.54) is 7.11 Å². The summed E-state index contributed by atoms with van der Waals surface area (Å²) in [4.78, 5) is 0. The van der Waals surface area contributed by atoms with Crippen molar-refractivity contribution in [2.75, 3.05) is 20.3 Å². The number of methoxy groups -OCH3 is 1. The van der Waals surface area contributed by atoms with Crippen LogP contribution in [0.15, 0.2) is 24.3 Å². The van der Waals surface area contributed by atoms with Crippen molar-refractivity contribution in [3.8, 4) is 11.5 Å². The second kappa shape index (κ2) is 7.71. The summed E-state index contributed by atoms with van der Waals surface area (Å²) in [5, 5.41) is 9.39. The van der Waals surface area contributed by atoms with E-state index in [1.807, 2.05) is 0 Å². The molecule has 126 valence electrons. The second-order valence-corrected chi connectivity index (χ2v) is 6.35. The molecule has 1 aromatic rings. The van der Waals surface area contributed by atoms with Gasteiger partial charge in [-0.1, -0.05) is 12.1 Å². The van der Waals surface area contributed by atoms with Crippen LogP contribution in [0.1, 0.15) is 0 Å². The van der Waals surface area contributed by atoms with Crippen LogP contribution in [0.25, 0.3) is 0 Å². The van der Waals surface area contributed by atoms with E-state index in [4.69, 9.17) is 14.6 Å². The van der Waals surface area contributed by atoms with Crippen molar-refractivity contribution >= 4 is 20.6 Å². The quantitative estimate of drug-likeness (QED) is 0.563. The van der Waals surface area contributed by atoms with E-state index in [9.17, 15) is 16.8 Å².